The largest absolute Gasteiger partial charge is 0.378 e. The van der Waals surface area contributed by atoms with Gasteiger partial charge >= 0.3 is 0 Å². The highest BCUT2D eigenvalue weighted by Gasteiger charge is 2.14. The van der Waals surface area contributed by atoms with Gasteiger partial charge in [-0.05, 0) is 17.7 Å². The molecule has 0 bridgehead atoms. The fourth-order valence-electron chi connectivity index (χ4n) is 2.71. The van der Waals surface area contributed by atoms with E-state index >= 15 is 0 Å². The number of benzene rings is 1. The summed E-state index contributed by atoms with van der Waals surface area (Å²) < 4.78 is 2.85. The number of aromatic nitrogens is 4. The average Bonchev–Trinajstić information content (AvgIpc) is 2.99. The summed E-state index contributed by atoms with van der Waals surface area (Å²) in [5.41, 5.74) is 2.37. The summed E-state index contributed by atoms with van der Waals surface area (Å²) >= 11 is 0. The van der Waals surface area contributed by atoms with Crippen LogP contribution >= 0.6 is 0 Å². The van der Waals surface area contributed by atoms with Crippen LogP contribution in [0, 0.1) is 0 Å². The number of aryl methyl sites for hydroxylation is 1. The third-order valence-corrected chi connectivity index (χ3v) is 4.32. The van der Waals surface area contributed by atoms with Gasteiger partial charge in [-0.25, -0.2) is 4.98 Å². The molecule has 0 spiro atoms. The number of rotatable bonds is 5. The molecule has 0 saturated heterocycles. The summed E-state index contributed by atoms with van der Waals surface area (Å²) in [6.07, 6.45) is 2.87. The van der Waals surface area contributed by atoms with Crippen molar-refractivity contribution in [1.29, 1.82) is 0 Å². The van der Waals surface area contributed by atoms with Gasteiger partial charge in [0, 0.05) is 40.4 Å². The van der Waals surface area contributed by atoms with E-state index in [-0.39, 0.29) is 18.0 Å². The Morgan fingerprint density at radius 1 is 1.15 bits per heavy atom. The van der Waals surface area contributed by atoms with E-state index in [9.17, 15) is 9.59 Å². The summed E-state index contributed by atoms with van der Waals surface area (Å²) in [4.78, 5) is 32.8. The first-order valence-electron chi connectivity index (χ1n) is 8.24. The van der Waals surface area contributed by atoms with Gasteiger partial charge in [0.2, 0.25) is 5.91 Å². The van der Waals surface area contributed by atoms with Crippen LogP contribution in [-0.4, -0.2) is 51.3 Å². The maximum absolute atomic E-state index is 12.5. The molecule has 3 rings (SSSR count). The fourth-order valence-corrected chi connectivity index (χ4v) is 2.71. The molecule has 3 aromatic rings. The van der Waals surface area contributed by atoms with Gasteiger partial charge in [0.05, 0.1) is 6.20 Å². The number of hydrogen-bond acceptors (Lipinski definition) is 5. The zero-order valence-corrected chi connectivity index (χ0v) is 15.4. The van der Waals surface area contributed by atoms with Crippen LogP contribution in [0.25, 0.3) is 11.0 Å². The third kappa shape index (κ3) is 3.44. The second kappa shape index (κ2) is 6.99. The van der Waals surface area contributed by atoms with Crippen molar-refractivity contribution in [2.24, 2.45) is 7.05 Å². The summed E-state index contributed by atoms with van der Waals surface area (Å²) in [6, 6.07) is 8.01. The highest BCUT2D eigenvalue weighted by molar-refractivity contribution is 5.77. The zero-order chi connectivity index (χ0) is 18.8. The number of nitrogens with zero attached hydrogens (tertiary/aromatic N) is 6. The van der Waals surface area contributed by atoms with E-state index < -0.39 is 0 Å². The minimum absolute atomic E-state index is 0.0526. The summed E-state index contributed by atoms with van der Waals surface area (Å²) in [5, 5.41) is 4.44. The van der Waals surface area contributed by atoms with Crippen LogP contribution in [0.5, 0.6) is 0 Å². The van der Waals surface area contributed by atoms with Gasteiger partial charge < -0.3 is 9.80 Å². The van der Waals surface area contributed by atoms with Crippen LogP contribution in [-0.2, 0) is 24.9 Å². The van der Waals surface area contributed by atoms with Crippen molar-refractivity contribution in [2.75, 3.05) is 26.0 Å². The maximum Gasteiger partial charge on any atom is 0.264 e. The molecule has 1 amide bonds. The first-order chi connectivity index (χ1) is 12.4. The Balaban J connectivity index is 1.71. The first kappa shape index (κ1) is 17.7. The Morgan fingerprint density at radius 2 is 1.85 bits per heavy atom. The van der Waals surface area contributed by atoms with Crippen molar-refractivity contribution in [3.05, 3.63) is 52.7 Å². The van der Waals surface area contributed by atoms with Gasteiger partial charge in [-0.2, -0.15) is 5.10 Å². The Morgan fingerprint density at radius 3 is 2.50 bits per heavy atom. The SMILES string of the molecule is CN(Cc1ccc(N(C)C)cc1)C(=O)Cn1cnc2c(cnn2C)c1=O. The number of likely N-dealkylation sites (N-methyl/N-ethyl adjacent to an activating group) is 1. The first-order valence-corrected chi connectivity index (χ1v) is 8.24. The number of carbonyl (C=O) groups is 1. The number of fused-ring (bicyclic) bond motifs is 1. The van der Waals surface area contributed by atoms with Crippen molar-refractivity contribution in [3.63, 3.8) is 0 Å². The van der Waals surface area contributed by atoms with Gasteiger partial charge in [-0.3, -0.25) is 18.8 Å². The van der Waals surface area contributed by atoms with Crippen molar-refractivity contribution >= 4 is 22.6 Å². The Hall–Kier alpha value is -3.16. The number of amides is 1. The van der Waals surface area contributed by atoms with Crippen molar-refractivity contribution in [2.45, 2.75) is 13.1 Å². The molecule has 0 aliphatic heterocycles. The Labute approximate surface area is 151 Å². The number of carbonyl (C=O) groups excluding carboxylic acids is 1. The van der Waals surface area contributed by atoms with Crippen LogP contribution < -0.4 is 10.5 Å². The van der Waals surface area contributed by atoms with E-state index in [4.69, 9.17) is 0 Å². The molecule has 26 heavy (non-hydrogen) atoms. The maximum atomic E-state index is 12.5. The third-order valence-electron chi connectivity index (χ3n) is 4.32. The average molecular weight is 354 g/mol. The molecule has 0 aliphatic carbocycles. The van der Waals surface area contributed by atoms with E-state index in [1.165, 1.54) is 21.8 Å². The van der Waals surface area contributed by atoms with Crippen LogP contribution in [0.4, 0.5) is 5.69 Å². The van der Waals surface area contributed by atoms with E-state index in [1.54, 1.807) is 19.0 Å². The molecule has 0 fully saturated rings. The van der Waals surface area contributed by atoms with Crippen LogP contribution in [0.3, 0.4) is 0 Å². The minimum Gasteiger partial charge on any atom is -0.378 e. The molecule has 0 N–H and O–H groups in total. The molecule has 0 saturated carbocycles. The second-order valence-electron chi connectivity index (χ2n) is 6.49. The minimum atomic E-state index is -0.264. The zero-order valence-electron chi connectivity index (χ0n) is 15.4. The Bertz CT molecular complexity index is 987. The van der Waals surface area contributed by atoms with E-state index in [1.807, 2.05) is 43.3 Å². The fraction of sp³-hybridized carbons (Fsp3) is 0.333. The molecule has 2 aromatic heterocycles. The molecule has 8 nitrogen and oxygen atoms in total. The van der Waals surface area contributed by atoms with Gasteiger partial charge in [-0.1, -0.05) is 12.1 Å². The lowest BCUT2D eigenvalue weighted by atomic mass is 10.2. The predicted octanol–water partition coefficient (Wildman–Crippen LogP) is 0.855. The summed E-state index contributed by atoms with van der Waals surface area (Å²) in [5.74, 6) is -0.158. The van der Waals surface area contributed by atoms with Gasteiger partial charge in [0.25, 0.3) is 5.56 Å². The molecule has 136 valence electrons. The lowest BCUT2D eigenvalue weighted by Crippen LogP contribution is -2.33. The standard InChI is InChI=1S/C18H22N6O2/c1-21(2)14-7-5-13(6-8-14)10-22(3)16(25)11-24-12-19-17-15(18(24)26)9-20-23(17)4/h5-9,12H,10-11H2,1-4H3. The molecule has 8 heteroatoms. The van der Waals surface area contributed by atoms with Crippen molar-refractivity contribution in [1.82, 2.24) is 24.2 Å². The van der Waals surface area contributed by atoms with Gasteiger partial charge in [0.15, 0.2) is 5.65 Å². The van der Waals surface area contributed by atoms with Gasteiger partial charge in [-0.15, -0.1) is 0 Å². The van der Waals surface area contributed by atoms with E-state index in [0.29, 0.717) is 17.6 Å². The number of hydrogen-bond donors (Lipinski definition) is 0. The van der Waals surface area contributed by atoms with Crippen LogP contribution in [0.15, 0.2) is 41.6 Å². The topological polar surface area (TPSA) is 76.3 Å². The van der Waals surface area contributed by atoms with Crippen molar-refractivity contribution < 1.29 is 4.79 Å². The lowest BCUT2D eigenvalue weighted by molar-refractivity contribution is -0.131. The molecule has 2 heterocycles. The second-order valence-corrected chi connectivity index (χ2v) is 6.49. The molecular formula is C18H22N6O2. The molecule has 0 radical (unpaired) electrons. The molecule has 0 unspecified atom stereocenters. The quantitative estimate of drug-likeness (QED) is 0.679. The predicted molar refractivity (Wildman–Crippen MR) is 100 cm³/mol. The summed E-state index contributed by atoms with van der Waals surface area (Å²) in [6.45, 7) is 0.423. The Kier molecular flexibility index (Phi) is 4.75. The van der Waals surface area contributed by atoms with E-state index in [0.717, 1.165) is 11.3 Å². The number of anilines is 1. The molecular weight excluding hydrogens is 332 g/mol. The van der Waals surface area contributed by atoms with Crippen LogP contribution in [0.2, 0.25) is 0 Å². The van der Waals surface area contributed by atoms with Gasteiger partial charge in [0.1, 0.15) is 18.3 Å². The normalized spacial score (nSPS) is 10.9. The monoisotopic (exact) mass is 354 g/mol. The smallest absolute Gasteiger partial charge is 0.264 e. The van der Waals surface area contributed by atoms with Crippen LogP contribution in [0.1, 0.15) is 5.56 Å². The summed E-state index contributed by atoms with van der Waals surface area (Å²) in [7, 11) is 7.41. The molecule has 1 aromatic carbocycles. The molecule has 0 atom stereocenters. The molecule has 0 aliphatic rings. The lowest BCUT2D eigenvalue weighted by Gasteiger charge is -2.19. The highest BCUT2D eigenvalue weighted by atomic mass is 16.2. The van der Waals surface area contributed by atoms with E-state index in [2.05, 4.69) is 10.1 Å². The highest BCUT2D eigenvalue weighted by Crippen LogP contribution is 2.13. The van der Waals surface area contributed by atoms with Crippen molar-refractivity contribution in [3.8, 4) is 0 Å².